The Labute approximate surface area is 149 Å². The molecule has 10 heteroatoms. The normalized spacial score (nSPS) is 10.8. The smallest absolute Gasteiger partial charge is 0.266 e. The van der Waals surface area contributed by atoms with Crippen LogP contribution in [0, 0.1) is 0 Å². The van der Waals surface area contributed by atoms with Crippen LogP contribution in [0.1, 0.15) is 10.4 Å². The molecule has 2 aromatic heterocycles. The molecule has 0 spiro atoms. The summed E-state index contributed by atoms with van der Waals surface area (Å²) < 4.78 is 3.05. The van der Waals surface area contributed by atoms with Gasteiger partial charge in [-0.05, 0) is 40.2 Å². The number of halogens is 1. The van der Waals surface area contributed by atoms with Gasteiger partial charge in [0.1, 0.15) is 22.9 Å². The first-order valence-corrected chi connectivity index (χ1v) is 7.93. The van der Waals surface area contributed by atoms with E-state index in [4.69, 9.17) is 5.73 Å². The van der Waals surface area contributed by atoms with Crippen LogP contribution in [0.5, 0.6) is 0 Å². The largest absolute Gasteiger partial charge is 0.366 e. The van der Waals surface area contributed by atoms with Crippen LogP contribution in [0.4, 0.5) is 5.69 Å². The number of aryl methyl sites for hydroxylation is 1. The Morgan fingerprint density at radius 1 is 1.28 bits per heavy atom. The maximum atomic E-state index is 12.5. The van der Waals surface area contributed by atoms with Gasteiger partial charge in [0.2, 0.25) is 11.8 Å². The van der Waals surface area contributed by atoms with Gasteiger partial charge in [-0.15, -0.1) is 0 Å². The second kappa shape index (κ2) is 6.48. The number of rotatable bonds is 4. The van der Waals surface area contributed by atoms with E-state index in [-0.39, 0.29) is 12.1 Å². The lowest BCUT2D eigenvalue weighted by Crippen LogP contribution is -2.28. The number of nitrogens with zero attached hydrogens (tertiary/aromatic N) is 4. The second-order valence-corrected chi connectivity index (χ2v) is 6.03. The predicted octanol–water partition coefficient (Wildman–Crippen LogP) is 0.630. The summed E-state index contributed by atoms with van der Waals surface area (Å²) in [6, 6.07) is 6.12. The van der Waals surface area contributed by atoms with E-state index < -0.39 is 11.8 Å². The number of hydrogen-bond acceptors (Lipinski definition) is 5. The Bertz CT molecular complexity index is 1040. The molecule has 3 N–H and O–H groups in total. The molecule has 0 saturated carbocycles. The number of anilines is 1. The molecule has 3 aromatic rings. The Balaban J connectivity index is 1.80. The summed E-state index contributed by atoms with van der Waals surface area (Å²) in [5, 5.41) is 7.03. The molecular weight excluding hydrogens is 392 g/mol. The van der Waals surface area contributed by atoms with E-state index in [1.807, 2.05) is 0 Å². The van der Waals surface area contributed by atoms with Crippen molar-refractivity contribution in [2.75, 3.05) is 5.32 Å². The van der Waals surface area contributed by atoms with Gasteiger partial charge in [-0.2, -0.15) is 5.10 Å². The van der Waals surface area contributed by atoms with Gasteiger partial charge in [-0.1, -0.05) is 0 Å². The first-order valence-electron chi connectivity index (χ1n) is 7.14. The number of hydrogen-bond donors (Lipinski definition) is 2. The minimum absolute atomic E-state index is 0.208. The molecule has 0 unspecified atom stereocenters. The summed E-state index contributed by atoms with van der Waals surface area (Å²) in [7, 11) is 1.67. The van der Waals surface area contributed by atoms with Crippen molar-refractivity contribution in [3.8, 4) is 0 Å². The Morgan fingerprint density at radius 3 is 2.60 bits per heavy atom. The average molecular weight is 405 g/mol. The number of nitrogens with one attached hydrogen (secondary N) is 1. The number of carbonyl (C=O) groups is 2. The number of aromatic nitrogens is 4. The molecule has 0 atom stereocenters. The monoisotopic (exact) mass is 404 g/mol. The standard InChI is InChI=1S/C15H13BrN6O3/c1-21-14-11(12(16)20-21)15(25)22(7-18-14)6-10(23)19-9-4-2-8(3-5-9)13(17)24/h2-5,7H,6H2,1H3,(H2,17,24)(H,19,23). The molecule has 0 aliphatic rings. The number of fused-ring (bicyclic) bond motifs is 1. The van der Waals surface area contributed by atoms with E-state index in [2.05, 4.69) is 31.3 Å². The third kappa shape index (κ3) is 3.29. The molecular formula is C15H13BrN6O3. The number of amides is 2. The molecule has 9 nitrogen and oxygen atoms in total. The van der Waals surface area contributed by atoms with Crippen molar-refractivity contribution >= 4 is 44.5 Å². The SMILES string of the molecule is Cn1nc(Br)c2c(=O)n(CC(=O)Nc3ccc(C(N)=O)cc3)cnc21. The number of benzene rings is 1. The van der Waals surface area contributed by atoms with E-state index in [0.717, 1.165) is 0 Å². The highest BCUT2D eigenvalue weighted by molar-refractivity contribution is 9.10. The summed E-state index contributed by atoms with van der Waals surface area (Å²) in [6.07, 6.45) is 1.30. The van der Waals surface area contributed by atoms with Crippen molar-refractivity contribution in [3.63, 3.8) is 0 Å². The molecule has 0 aliphatic carbocycles. The van der Waals surface area contributed by atoms with Crippen molar-refractivity contribution in [3.05, 3.63) is 51.1 Å². The van der Waals surface area contributed by atoms with Crippen molar-refractivity contribution in [2.45, 2.75) is 6.54 Å². The highest BCUT2D eigenvalue weighted by Gasteiger charge is 2.15. The van der Waals surface area contributed by atoms with Crippen molar-refractivity contribution in [1.82, 2.24) is 19.3 Å². The molecule has 25 heavy (non-hydrogen) atoms. The zero-order chi connectivity index (χ0) is 18.1. The lowest BCUT2D eigenvalue weighted by atomic mass is 10.2. The highest BCUT2D eigenvalue weighted by Crippen LogP contribution is 2.16. The van der Waals surface area contributed by atoms with Crippen molar-refractivity contribution < 1.29 is 9.59 Å². The Kier molecular flexibility index (Phi) is 4.36. The van der Waals surface area contributed by atoms with Crippen LogP contribution in [0.3, 0.4) is 0 Å². The van der Waals surface area contributed by atoms with Gasteiger partial charge >= 0.3 is 0 Å². The molecule has 0 fully saturated rings. The van der Waals surface area contributed by atoms with Crippen LogP contribution < -0.4 is 16.6 Å². The Morgan fingerprint density at radius 2 is 1.96 bits per heavy atom. The fourth-order valence-electron chi connectivity index (χ4n) is 2.32. The number of primary amides is 1. The summed E-state index contributed by atoms with van der Waals surface area (Å²) in [5.74, 6) is -0.957. The average Bonchev–Trinajstić information content (AvgIpc) is 2.85. The molecule has 2 amide bonds. The van der Waals surface area contributed by atoms with Gasteiger partial charge in [0.05, 0.1) is 0 Å². The second-order valence-electron chi connectivity index (χ2n) is 5.28. The summed E-state index contributed by atoms with van der Waals surface area (Å²) in [4.78, 5) is 39.8. The minimum atomic E-state index is -0.550. The Hall–Kier alpha value is -3.01. The third-order valence-electron chi connectivity index (χ3n) is 3.54. The van der Waals surface area contributed by atoms with Gasteiger partial charge in [0, 0.05) is 18.3 Å². The van der Waals surface area contributed by atoms with E-state index in [0.29, 0.717) is 26.9 Å². The first kappa shape index (κ1) is 16.8. The van der Waals surface area contributed by atoms with E-state index >= 15 is 0 Å². The highest BCUT2D eigenvalue weighted by atomic mass is 79.9. The van der Waals surface area contributed by atoms with E-state index in [9.17, 15) is 14.4 Å². The zero-order valence-electron chi connectivity index (χ0n) is 13.1. The zero-order valence-corrected chi connectivity index (χ0v) is 14.6. The maximum absolute atomic E-state index is 12.5. The molecule has 0 aliphatic heterocycles. The van der Waals surface area contributed by atoms with E-state index in [1.165, 1.54) is 27.7 Å². The fraction of sp³-hybridized carbons (Fsp3) is 0.133. The van der Waals surface area contributed by atoms with Gasteiger partial charge in [-0.3, -0.25) is 19.0 Å². The quantitative estimate of drug-likeness (QED) is 0.659. The minimum Gasteiger partial charge on any atom is -0.366 e. The molecule has 3 rings (SSSR count). The maximum Gasteiger partial charge on any atom is 0.266 e. The van der Waals surface area contributed by atoms with Crippen LogP contribution in [0.2, 0.25) is 0 Å². The van der Waals surface area contributed by atoms with Crippen molar-refractivity contribution in [2.24, 2.45) is 12.8 Å². The topological polar surface area (TPSA) is 125 Å². The van der Waals surface area contributed by atoms with Crippen LogP contribution in [-0.2, 0) is 18.4 Å². The van der Waals surface area contributed by atoms with Gasteiger partial charge in [0.15, 0.2) is 5.65 Å². The summed E-state index contributed by atoms with van der Waals surface area (Å²) in [5.41, 5.74) is 6.04. The molecule has 1 aromatic carbocycles. The van der Waals surface area contributed by atoms with Crippen LogP contribution in [0.25, 0.3) is 11.0 Å². The fourth-order valence-corrected chi connectivity index (χ4v) is 2.91. The van der Waals surface area contributed by atoms with Crippen LogP contribution >= 0.6 is 15.9 Å². The lowest BCUT2D eigenvalue weighted by Gasteiger charge is -2.07. The van der Waals surface area contributed by atoms with Gasteiger partial charge in [-0.25, -0.2) is 9.67 Å². The van der Waals surface area contributed by atoms with Gasteiger partial charge < -0.3 is 11.1 Å². The summed E-state index contributed by atoms with van der Waals surface area (Å²) in [6.45, 7) is -0.208. The molecule has 0 radical (unpaired) electrons. The first-order chi connectivity index (χ1) is 11.9. The van der Waals surface area contributed by atoms with E-state index in [1.54, 1.807) is 19.2 Å². The summed E-state index contributed by atoms with van der Waals surface area (Å²) >= 11 is 3.22. The van der Waals surface area contributed by atoms with Crippen molar-refractivity contribution in [1.29, 1.82) is 0 Å². The van der Waals surface area contributed by atoms with Gasteiger partial charge in [0.25, 0.3) is 5.56 Å². The number of carbonyl (C=O) groups excluding carboxylic acids is 2. The molecule has 0 saturated heterocycles. The molecule has 2 heterocycles. The van der Waals surface area contributed by atoms with Crippen LogP contribution in [-0.4, -0.2) is 31.1 Å². The third-order valence-corrected chi connectivity index (χ3v) is 4.09. The molecule has 0 bridgehead atoms. The number of nitrogens with two attached hydrogens (primary N) is 1. The molecule has 128 valence electrons. The van der Waals surface area contributed by atoms with Crippen LogP contribution in [0.15, 0.2) is 40.0 Å². The predicted molar refractivity (Wildman–Crippen MR) is 94.1 cm³/mol. The lowest BCUT2D eigenvalue weighted by molar-refractivity contribution is -0.116.